The molecule has 108 valence electrons. The molecule has 4 heteroatoms. The van der Waals surface area contributed by atoms with Crippen molar-refractivity contribution >= 4 is 12.0 Å². The van der Waals surface area contributed by atoms with Gasteiger partial charge in [0.15, 0.2) is 6.29 Å². The van der Waals surface area contributed by atoms with Gasteiger partial charge in [-0.25, -0.2) is 0 Å². The quantitative estimate of drug-likeness (QED) is 0.435. The van der Waals surface area contributed by atoms with Gasteiger partial charge in [-0.3, -0.25) is 4.79 Å². The molecule has 2 rings (SSSR count). The second kappa shape index (κ2) is 7.22. The minimum absolute atomic E-state index is 0.00302. The minimum atomic E-state index is -0.306. The van der Waals surface area contributed by atoms with Crippen LogP contribution in [0.25, 0.3) is 6.08 Å². The molecule has 1 aliphatic rings. The van der Waals surface area contributed by atoms with E-state index in [1.165, 1.54) is 0 Å². The van der Waals surface area contributed by atoms with Crippen LogP contribution in [-0.2, 0) is 14.3 Å². The summed E-state index contributed by atoms with van der Waals surface area (Å²) in [5.74, 6) is 0.00302. The average Bonchev–Trinajstić information content (AvgIpc) is 3.26. The fourth-order valence-corrected chi connectivity index (χ4v) is 2.07. The van der Waals surface area contributed by atoms with Gasteiger partial charge < -0.3 is 14.4 Å². The van der Waals surface area contributed by atoms with Gasteiger partial charge in [-0.1, -0.05) is 30.3 Å². The summed E-state index contributed by atoms with van der Waals surface area (Å²) in [5.41, 5.74) is 1.02. The first-order chi connectivity index (χ1) is 9.76. The van der Waals surface area contributed by atoms with Gasteiger partial charge in [0.25, 0.3) is 0 Å². The summed E-state index contributed by atoms with van der Waals surface area (Å²) in [6.45, 7) is 5.72. The first-order valence-corrected chi connectivity index (χ1v) is 7.03. The van der Waals surface area contributed by atoms with Crippen molar-refractivity contribution in [3.05, 3.63) is 42.0 Å². The molecule has 0 aromatic heterocycles. The van der Waals surface area contributed by atoms with Crippen LogP contribution in [0.1, 0.15) is 19.4 Å². The van der Waals surface area contributed by atoms with Crippen LogP contribution in [0, 0.1) is 0 Å². The summed E-state index contributed by atoms with van der Waals surface area (Å²) in [5, 5.41) is 0. The average molecular weight is 275 g/mol. The van der Waals surface area contributed by atoms with Gasteiger partial charge >= 0.3 is 0 Å². The van der Waals surface area contributed by atoms with Crippen molar-refractivity contribution in [3.8, 4) is 0 Å². The number of ether oxygens (including phenoxy) is 2. The lowest BCUT2D eigenvalue weighted by atomic mass is 10.2. The first kappa shape index (κ1) is 14.8. The summed E-state index contributed by atoms with van der Waals surface area (Å²) >= 11 is 0. The van der Waals surface area contributed by atoms with Crippen molar-refractivity contribution in [1.82, 2.24) is 4.90 Å². The lowest BCUT2D eigenvalue weighted by Gasteiger charge is -2.16. The van der Waals surface area contributed by atoms with Crippen LogP contribution in [-0.4, -0.2) is 42.9 Å². The van der Waals surface area contributed by atoms with E-state index >= 15 is 0 Å². The fraction of sp³-hybridized carbons (Fsp3) is 0.438. The van der Waals surface area contributed by atoms with Crippen molar-refractivity contribution < 1.29 is 14.3 Å². The van der Waals surface area contributed by atoms with E-state index in [9.17, 15) is 4.79 Å². The zero-order valence-corrected chi connectivity index (χ0v) is 12.0. The van der Waals surface area contributed by atoms with Crippen molar-refractivity contribution in [2.75, 3.05) is 19.8 Å². The summed E-state index contributed by atoms with van der Waals surface area (Å²) < 4.78 is 11.0. The number of benzene rings is 1. The van der Waals surface area contributed by atoms with E-state index in [1.807, 2.05) is 50.3 Å². The lowest BCUT2D eigenvalue weighted by Crippen LogP contribution is -2.28. The molecule has 1 fully saturated rings. The van der Waals surface area contributed by atoms with E-state index in [0.29, 0.717) is 19.8 Å². The van der Waals surface area contributed by atoms with Gasteiger partial charge in [0.05, 0.1) is 0 Å². The van der Waals surface area contributed by atoms with Crippen molar-refractivity contribution in [1.29, 1.82) is 0 Å². The van der Waals surface area contributed by atoms with E-state index in [-0.39, 0.29) is 18.2 Å². The van der Waals surface area contributed by atoms with E-state index < -0.39 is 0 Å². The van der Waals surface area contributed by atoms with Crippen LogP contribution in [0.2, 0.25) is 0 Å². The number of nitrogens with zero attached hydrogens (tertiary/aromatic N) is 1. The normalized spacial score (nSPS) is 17.9. The Morgan fingerprint density at radius 3 is 2.55 bits per heavy atom. The largest absolute Gasteiger partial charge is 0.351 e. The van der Waals surface area contributed by atoms with Gasteiger partial charge in [-0.15, -0.1) is 0 Å². The van der Waals surface area contributed by atoms with Crippen LogP contribution >= 0.6 is 0 Å². The molecule has 1 aliphatic heterocycles. The Bertz CT molecular complexity index is 452. The Balaban J connectivity index is 1.87. The molecular formula is C16H21NO3. The second-order valence-corrected chi connectivity index (χ2v) is 4.58. The van der Waals surface area contributed by atoms with Gasteiger partial charge in [0.2, 0.25) is 5.91 Å². The number of amides is 1. The highest BCUT2D eigenvalue weighted by Crippen LogP contribution is 2.24. The molecular weight excluding hydrogens is 254 g/mol. The number of hydrogen-bond acceptors (Lipinski definition) is 3. The molecule has 1 saturated heterocycles. The number of hydrogen-bond donors (Lipinski definition) is 0. The number of carbonyl (C=O) groups is 1. The third-order valence-electron chi connectivity index (χ3n) is 3.13. The number of rotatable bonds is 7. The Labute approximate surface area is 120 Å². The minimum Gasteiger partial charge on any atom is -0.351 e. The van der Waals surface area contributed by atoms with Crippen LogP contribution in [0.5, 0.6) is 0 Å². The molecule has 0 bridgehead atoms. The van der Waals surface area contributed by atoms with E-state index in [0.717, 1.165) is 5.56 Å². The van der Waals surface area contributed by atoms with Gasteiger partial charge in [-0.2, -0.15) is 0 Å². The molecule has 0 radical (unpaired) electrons. The monoisotopic (exact) mass is 275 g/mol. The highest BCUT2D eigenvalue weighted by molar-refractivity contribution is 5.93. The molecule has 1 amide bonds. The summed E-state index contributed by atoms with van der Waals surface area (Å²) in [7, 11) is 0. The predicted octanol–water partition coefficient (Wildman–Crippen LogP) is 2.31. The van der Waals surface area contributed by atoms with Gasteiger partial charge in [0.1, 0.15) is 6.04 Å². The zero-order chi connectivity index (χ0) is 14.4. The molecule has 4 nitrogen and oxygen atoms in total. The van der Waals surface area contributed by atoms with Crippen molar-refractivity contribution in [2.24, 2.45) is 0 Å². The third kappa shape index (κ3) is 3.92. The Hall–Kier alpha value is -1.65. The molecule has 0 N–H and O–H groups in total. The second-order valence-electron chi connectivity index (χ2n) is 4.58. The van der Waals surface area contributed by atoms with E-state index in [1.54, 1.807) is 11.0 Å². The van der Waals surface area contributed by atoms with Crippen LogP contribution in [0.4, 0.5) is 0 Å². The maximum atomic E-state index is 12.0. The fourth-order valence-electron chi connectivity index (χ4n) is 2.07. The maximum Gasteiger partial charge on any atom is 0.247 e. The van der Waals surface area contributed by atoms with Crippen LogP contribution in [0.3, 0.4) is 0 Å². The lowest BCUT2D eigenvalue weighted by molar-refractivity contribution is -0.146. The van der Waals surface area contributed by atoms with Gasteiger partial charge in [-0.05, 0) is 25.5 Å². The molecule has 0 saturated carbocycles. The molecule has 0 spiro atoms. The molecule has 0 aliphatic carbocycles. The molecule has 1 atom stereocenters. The SMILES string of the molecule is CCOC(OCC)C1CN1C(=O)/C=C/c1ccccc1. The van der Waals surface area contributed by atoms with Crippen molar-refractivity contribution in [3.63, 3.8) is 0 Å². The van der Waals surface area contributed by atoms with Crippen LogP contribution < -0.4 is 0 Å². The van der Waals surface area contributed by atoms with Crippen molar-refractivity contribution in [2.45, 2.75) is 26.2 Å². The Kier molecular flexibility index (Phi) is 5.32. The summed E-state index contributed by atoms with van der Waals surface area (Å²) in [6, 6.07) is 9.82. The van der Waals surface area contributed by atoms with E-state index in [4.69, 9.17) is 9.47 Å². The highest BCUT2D eigenvalue weighted by atomic mass is 16.7. The summed E-state index contributed by atoms with van der Waals surface area (Å²) in [6.07, 6.45) is 3.12. The Morgan fingerprint density at radius 2 is 1.95 bits per heavy atom. The highest BCUT2D eigenvalue weighted by Gasteiger charge is 2.44. The first-order valence-electron chi connectivity index (χ1n) is 7.03. The Morgan fingerprint density at radius 1 is 1.30 bits per heavy atom. The predicted molar refractivity (Wildman–Crippen MR) is 78.0 cm³/mol. The topological polar surface area (TPSA) is 38.5 Å². The molecule has 1 aromatic rings. The smallest absolute Gasteiger partial charge is 0.247 e. The van der Waals surface area contributed by atoms with E-state index in [2.05, 4.69) is 0 Å². The molecule has 1 unspecified atom stereocenters. The summed E-state index contributed by atoms with van der Waals surface area (Å²) in [4.78, 5) is 13.8. The maximum absolute atomic E-state index is 12.0. The third-order valence-corrected chi connectivity index (χ3v) is 3.13. The molecule has 1 aromatic carbocycles. The number of carbonyl (C=O) groups excluding carboxylic acids is 1. The van der Waals surface area contributed by atoms with Gasteiger partial charge in [0, 0.05) is 25.8 Å². The zero-order valence-electron chi connectivity index (χ0n) is 12.0. The molecule has 1 heterocycles. The molecule has 20 heavy (non-hydrogen) atoms. The van der Waals surface area contributed by atoms with Crippen LogP contribution in [0.15, 0.2) is 36.4 Å². The standard InChI is InChI=1S/C16H21NO3/c1-3-19-16(20-4-2)14-12-17(14)15(18)11-10-13-8-6-5-7-9-13/h5-11,14,16H,3-4,12H2,1-2H3/b11-10+.